The Bertz CT molecular complexity index is 1290. The molecule has 0 fully saturated rings. The summed E-state index contributed by atoms with van der Waals surface area (Å²) in [7, 11) is 4.66. The van der Waals surface area contributed by atoms with Gasteiger partial charge in [0, 0.05) is 5.56 Å². The zero-order valence-electron chi connectivity index (χ0n) is 19.6. The number of nitrogens with zero attached hydrogens (tertiary/aromatic N) is 2. The van der Waals surface area contributed by atoms with Crippen LogP contribution in [0, 0.1) is 0 Å². The Hall–Kier alpha value is -4.04. The van der Waals surface area contributed by atoms with E-state index in [1.807, 2.05) is 54.6 Å². The maximum Gasteiger partial charge on any atom is 0.283 e. The smallest absolute Gasteiger partial charge is 0.283 e. The molecule has 8 heteroatoms. The van der Waals surface area contributed by atoms with E-state index in [1.54, 1.807) is 38.5 Å². The molecule has 0 saturated carbocycles. The molecule has 35 heavy (non-hydrogen) atoms. The second-order valence-corrected chi connectivity index (χ2v) is 8.40. The van der Waals surface area contributed by atoms with E-state index < -0.39 is 0 Å². The first-order valence-electron chi connectivity index (χ1n) is 10.8. The van der Waals surface area contributed by atoms with E-state index in [-0.39, 0.29) is 17.4 Å². The van der Waals surface area contributed by atoms with Crippen molar-refractivity contribution >= 4 is 40.4 Å². The van der Waals surface area contributed by atoms with Crippen LogP contribution in [0.25, 0.3) is 6.08 Å². The largest absolute Gasteiger partial charge is 0.497 e. The summed E-state index contributed by atoms with van der Waals surface area (Å²) in [6.45, 7) is 0. The molecule has 7 nitrogen and oxygen atoms in total. The van der Waals surface area contributed by atoms with Crippen LogP contribution in [0.5, 0.6) is 17.2 Å². The molecule has 0 unspecified atom stereocenters. The number of thioether (sulfide) groups is 1. The number of anilines is 1. The lowest BCUT2D eigenvalue weighted by Crippen LogP contribution is -2.30. The number of Topliss-reactive ketones (excluding diaryl/α,β-unsaturated/α-hetero) is 1. The number of ether oxygens (including phenoxy) is 3. The quantitative estimate of drug-likeness (QED) is 0.325. The van der Waals surface area contributed by atoms with Crippen LogP contribution in [0.1, 0.15) is 15.9 Å². The molecule has 1 amide bonds. The first kappa shape index (κ1) is 24.1. The van der Waals surface area contributed by atoms with Crippen LogP contribution < -0.4 is 19.1 Å². The normalized spacial score (nSPS) is 14.1. The molecule has 0 aliphatic carbocycles. The van der Waals surface area contributed by atoms with Crippen LogP contribution in [0.2, 0.25) is 0 Å². The number of carbonyl (C=O) groups is 2. The number of hydrogen-bond donors (Lipinski definition) is 0. The molecule has 178 valence electrons. The molecule has 0 N–H and O–H groups in total. The molecule has 0 bridgehead atoms. The fourth-order valence-electron chi connectivity index (χ4n) is 3.48. The lowest BCUT2D eigenvalue weighted by molar-refractivity contribution is -0.113. The van der Waals surface area contributed by atoms with E-state index in [9.17, 15) is 9.59 Å². The third-order valence-electron chi connectivity index (χ3n) is 5.30. The number of hydrogen-bond acceptors (Lipinski definition) is 7. The van der Waals surface area contributed by atoms with Gasteiger partial charge in [-0.2, -0.15) is 0 Å². The molecule has 4 rings (SSSR count). The highest BCUT2D eigenvalue weighted by molar-refractivity contribution is 8.14. The van der Waals surface area contributed by atoms with E-state index in [2.05, 4.69) is 4.99 Å². The molecule has 3 aromatic rings. The minimum absolute atomic E-state index is 0.0980. The summed E-state index contributed by atoms with van der Waals surface area (Å²) in [5.74, 6) is 1.48. The van der Waals surface area contributed by atoms with Crippen LogP contribution in [-0.2, 0) is 4.79 Å². The molecule has 1 heterocycles. The highest BCUT2D eigenvalue weighted by Gasteiger charge is 2.32. The van der Waals surface area contributed by atoms with E-state index in [4.69, 9.17) is 14.2 Å². The predicted molar refractivity (Wildman–Crippen MR) is 139 cm³/mol. The van der Waals surface area contributed by atoms with Gasteiger partial charge in [0.15, 0.2) is 22.4 Å². The van der Waals surface area contributed by atoms with E-state index in [0.29, 0.717) is 33.6 Å². The third kappa shape index (κ3) is 5.38. The van der Waals surface area contributed by atoms with Gasteiger partial charge in [-0.15, -0.1) is 0 Å². The number of amides is 1. The second kappa shape index (κ2) is 10.9. The predicted octanol–water partition coefficient (Wildman–Crippen LogP) is 5.07. The zero-order chi connectivity index (χ0) is 24.8. The van der Waals surface area contributed by atoms with Crippen molar-refractivity contribution in [1.29, 1.82) is 0 Å². The van der Waals surface area contributed by atoms with Gasteiger partial charge in [0.05, 0.1) is 32.8 Å². The number of benzene rings is 3. The highest BCUT2D eigenvalue weighted by atomic mass is 32.2. The Labute approximate surface area is 208 Å². The molecule has 0 atom stereocenters. The first-order chi connectivity index (χ1) is 17.0. The maximum atomic E-state index is 13.3. The Morgan fingerprint density at radius 1 is 0.914 bits per heavy atom. The Morgan fingerprint density at radius 2 is 1.63 bits per heavy atom. The average molecular weight is 489 g/mol. The van der Waals surface area contributed by atoms with Crippen molar-refractivity contribution in [3.63, 3.8) is 0 Å². The van der Waals surface area contributed by atoms with Gasteiger partial charge in [0.2, 0.25) is 0 Å². The average Bonchev–Trinajstić information content (AvgIpc) is 3.22. The summed E-state index contributed by atoms with van der Waals surface area (Å²) in [5, 5.41) is 0.440. The van der Waals surface area contributed by atoms with Gasteiger partial charge in [0.1, 0.15) is 11.4 Å². The van der Waals surface area contributed by atoms with Crippen molar-refractivity contribution in [2.45, 2.75) is 0 Å². The number of methoxy groups -OCH3 is 3. The number of carbonyl (C=O) groups excluding carboxylic acids is 2. The van der Waals surface area contributed by atoms with Gasteiger partial charge >= 0.3 is 0 Å². The van der Waals surface area contributed by atoms with Gasteiger partial charge in [-0.05, 0) is 54.1 Å². The molecule has 0 spiro atoms. The van der Waals surface area contributed by atoms with Crippen molar-refractivity contribution in [2.75, 3.05) is 32.0 Å². The minimum Gasteiger partial charge on any atom is -0.497 e. The second-order valence-electron chi connectivity index (χ2n) is 7.45. The molecule has 0 saturated heterocycles. The summed E-state index contributed by atoms with van der Waals surface area (Å²) in [6.07, 6.45) is 1.72. The van der Waals surface area contributed by atoms with Crippen LogP contribution in [-0.4, -0.2) is 43.9 Å². The number of aliphatic imine (C=N–C) groups is 1. The SMILES string of the molecule is COc1ccc(/C=C2/N=C(SCC(=O)c3ccc(OC)c(OC)c3)N(c3ccccc3)C2=O)cc1. The van der Waals surface area contributed by atoms with Crippen molar-refractivity contribution in [3.05, 3.63) is 89.6 Å². The molecular formula is C27H24N2O5S. The van der Waals surface area contributed by atoms with Gasteiger partial charge in [-0.25, -0.2) is 4.99 Å². The summed E-state index contributed by atoms with van der Waals surface area (Å²) < 4.78 is 15.7. The number of rotatable bonds is 8. The number of amidine groups is 1. The Balaban J connectivity index is 1.59. The number of ketones is 1. The van der Waals surface area contributed by atoms with Crippen molar-refractivity contribution in [1.82, 2.24) is 0 Å². The fraction of sp³-hybridized carbons (Fsp3) is 0.148. The van der Waals surface area contributed by atoms with Crippen LogP contribution in [0.15, 0.2) is 83.5 Å². The summed E-state index contributed by atoms with van der Waals surface area (Å²) in [6, 6.07) is 21.6. The standard InChI is InChI=1S/C27H24N2O5S/c1-32-21-12-9-18(10-13-21)15-22-26(31)29(20-7-5-4-6-8-20)27(28-22)35-17-23(30)19-11-14-24(33-2)25(16-19)34-3/h4-16H,17H2,1-3H3/b22-15+. The Morgan fingerprint density at radius 3 is 2.29 bits per heavy atom. The van der Waals surface area contributed by atoms with Gasteiger partial charge in [0.25, 0.3) is 5.91 Å². The van der Waals surface area contributed by atoms with E-state index in [1.165, 1.54) is 23.8 Å². The van der Waals surface area contributed by atoms with E-state index in [0.717, 1.165) is 11.3 Å². The molecule has 3 aromatic carbocycles. The van der Waals surface area contributed by atoms with Crippen molar-refractivity contribution < 1.29 is 23.8 Å². The molecule has 1 aliphatic heterocycles. The summed E-state index contributed by atoms with van der Waals surface area (Å²) in [4.78, 5) is 32.3. The third-order valence-corrected chi connectivity index (χ3v) is 6.24. The summed E-state index contributed by atoms with van der Waals surface area (Å²) >= 11 is 1.21. The van der Waals surface area contributed by atoms with Gasteiger partial charge < -0.3 is 14.2 Å². The van der Waals surface area contributed by atoms with Crippen molar-refractivity contribution in [3.8, 4) is 17.2 Å². The Kier molecular flexibility index (Phi) is 7.52. The molecule has 0 radical (unpaired) electrons. The van der Waals surface area contributed by atoms with Crippen LogP contribution in [0.4, 0.5) is 5.69 Å². The zero-order valence-corrected chi connectivity index (χ0v) is 20.4. The fourth-order valence-corrected chi connectivity index (χ4v) is 4.39. The summed E-state index contributed by atoms with van der Waals surface area (Å²) in [5.41, 5.74) is 2.28. The minimum atomic E-state index is -0.256. The topological polar surface area (TPSA) is 77.4 Å². The number of para-hydroxylation sites is 1. The monoisotopic (exact) mass is 488 g/mol. The molecule has 1 aliphatic rings. The molecular weight excluding hydrogens is 464 g/mol. The first-order valence-corrected chi connectivity index (χ1v) is 11.7. The van der Waals surface area contributed by atoms with Crippen molar-refractivity contribution in [2.24, 2.45) is 4.99 Å². The van der Waals surface area contributed by atoms with Crippen LogP contribution in [0.3, 0.4) is 0 Å². The maximum absolute atomic E-state index is 13.3. The lowest BCUT2D eigenvalue weighted by Gasteiger charge is -2.17. The van der Waals surface area contributed by atoms with Gasteiger partial charge in [-0.3, -0.25) is 14.5 Å². The van der Waals surface area contributed by atoms with E-state index >= 15 is 0 Å². The molecule has 0 aromatic heterocycles. The van der Waals surface area contributed by atoms with Gasteiger partial charge in [-0.1, -0.05) is 42.1 Å². The van der Waals surface area contributed by atoms with Crippen LogP contribution >= 0.6 is 11.8 Å². The lowest BCUT2D eigenvalue weighted by atomic mass is 10.1. The highest BCUT2D eigenvalue weighted by Crippen LogP contribution is 2.31.